The topological polar surface area (TPSA) is 60.2 Å². The van der Waals surface area contributed by atoms with Gasteiger partial charge in [-0.2, -0.15) is 0 Å². The molecule has 1 aliphatic rings. The average Bonchev–Trinajstić information content (AvgIpc) is 2.84. The van der Waals surface area contributed by atoms with Crippen molar-refractivity contribution in [1.29, 1.82) is 0 Å². The summed E-state index contributed by atoms with van der Waals surface area (Å²) in [4.78, 5) is 4.45. The summed E-state index contributed by atoms with van der Waals surface area (Å²) in [5.74, 6) is 0.580. The van der Waals surface area contributed by atoms with Gasteiger partial charge in [-0.3, -0.25) is 4.98 Å². The highest BCUT2D eigenvalue weighted by Crippen LogP contribution is 2.23. The van der Waals surface area contributed by atoms with E-state index in [4.69, 9.17) is 22.7 Å². The van der Waals surface area contributed by atoms with Crippen molar-refractivity contribution in [2.45, 2.75) is 25.9 Å². The molecule has 0 amide bonds. The Kier molecular flexibility index (Phi) is 4.49. The smallest absolute Gasteiger partial charge is 0.122 e. The molecular weight excluding hydrogens is 246 g/mol. The van der Waals surface area contributed by atoms with Crippen LogP contribution in [-0.4, -0.2) is 29.2 Å². The molecule has 98 valence electrons. The van der Waals surface area contributed by atoms with Crippen molar-refractivity contribution in [3.8, 4) is 0 Å². The molecule has 0 bridgehead atoms. The van der Waals surface area contributed by atoms with Crippen molar-refractivity contribution in [2.24, 2.45) is 11.7 Å². The van der Waals surface area contributed by atoms with Crippen molar-refractivity contribution in [3.05, 3.63) is 24.0 Å². The summed E-state index contributed by atoms with van der Waals surface area (Å²) in [7, 11) is 0. The Labute approximate surface area is 113 Å². The highest BCUT2D eigenvalue weighted by atomic mass is 32.1. The molecule has 0 spiro atoms. The first-order valence-corrected chi connectivity index (χ1v) is 6.73. The molecule has 0 aliphatic carbocycles. The van der Waals surface area contributed by atoms with E-state index >= 15 is 0 Å². The minimum Gasteiger partial charge on any atom is -0.388 e. The molecule has 1 aromatic heterocycles. The van der Waals surface area contributed by atoms with E-state index in [1.807, 2.05) is 12.1 Å². The SMILES string of the molecule is CCC1OCCC1CNc1ccnc(C(N)=S)c1. The predicted octanol–water partition coefficient (Wildman–Crippen LogP) is 1.94. The standard InChI is InChI=1S/C13H19N3OS/c1-2-12-9(4-6-17-12)8-16-10-3-5-15-11(7-10)13(14)18/h3,5,7,9,12H,2,4,6,8H2,1H3,(H2,14,18)(H,15,16). The van der Waals surface area contributed by atoms with Crippen LogP contribution in [0, 0.1) is 5.92 Å². The number of nitrogens with zero attached hydrogens (tertiary/aromatic N) is 1. The molecule has 5 heteroatoms. The van der Waals surface area contributed by atoms with Crippen molar-refractivity contribution < 1.29 is 4.74 Å². The van der Waals surface area contributed by atoms with Crippen LogP contribution < -0.4 is 11.1 Å². The molecule has 2 heterocycles. The molecule has 4 nitrogen and oxygen atoms in total. The summed E-state index contributed by atoms with van der Waals surface area (Å²) >= 11 is 4.92. The van der Waals surface area contributed by atoms with Crippen LogP contribution in [0.1, 0.15) is 25.5 Å². The number of nitrogens with one attached hydrogen (secondary N) is 1. The van der Waals surface area contributed by atoms with E-state index in [1.165, 1.54) is 0 Å². The quantitative estimate of drug-likeness (QED) is 0.797. The fourth-order valence-electron chi connectivity index (χ4n) is 2.30. The Bertz CT molecular complexity index is 424. The Balaban J connectivity index is 1.93. The average molecular weight is 265 g/mol. The third kappa shape index (κ3) is 3.17. The second-order valence-electron chi connectivity index (χ2n) is 4.54. The van der Waals surface area contributed by atoms with Gasteiger partial charge in [0.05, 0.1) is 11.8 Å². The lowest BCUT2D eigenvalue weighted by Gasteiger charge is -2.18. The molecule has 0 radical (unpaired) electrons. The van der Waals surface area contributed by atoms with Crippen LogP contribution in [0.4, 0.5) is 5.69 Å². The van der Waals surface area contributed by atoms with Gasteiger partial charge in [-0.05, 0) is 25.0 Å². The van der Waals surface area contributed by atoms with E-state index < -0.39 is 0 Å². The van der Waals surface area contributed by atoms with E-state index in [0.717, 1.165) is 31.7 Å². The lowest BCUT2D eigenvalue weighted by molar-refractivity contribution is 0.0900. The maximum absolute atomic E-state index is 5.67. The lowest BCUT2D eigenvalue weighted by Crippen LogP contribution is -2.23. The van der Waals surface area contributed by atoms with Crippen LogP contribution in [-0.2, 0) is 4.74 Å². The van der Waals surface area contributed by atoms with Gasteiger partial charge in [-0.15, -0.1) is 0 Å². The number of pyridine rings is 1. The molecule has 2 unspecified atom stereocenters. The number of ether oxygens (including phenoxy) is 1. The summed E-state index contributed by atoms with van der Waals surface area (Å²) in [5, 5.41) is 3.41. The Hall–Kier alpha value is -1.20. The molecule has 1 fully saturated rings. The van der Waals surface area contributed by atoms with Gasteiger partial charge in [0.2, 0.25) is 0 Å². The molecule has 1 saturated heterocycles. The first kappa shape index (κ1) is 13.2. The maximum atomic E-state index is 5.67. The zero-order valence-electron chi connectivity index (χ0n) is 10.6. The first-order chi connectivity index (χ1) is 8.70. The van der Waals surface area contributed by atoms with Crippen LogP contribution in [0.15, 0.2) is 18.3 Å². The second-order valence-corrected chi connectivity index (χ2v) is 4.98. The van der Waals surface area contributed by atoms with Crippen LogP contribution in [0.5, 0.6) is 0 Å². The van der Waals surface area contributed by atoms with Gasteiger partial charge in [0.1, 0.15) is 4.99 Å². The van der Waals surface area contributed by atoms with Gasteiger partial charge in [0.25, 0.3) is 0 Å². The summed E-state index contributed by atoms with van der Waals surface area (Å²) in [6.07, 6.45) is 4.30. The summed E-state index contributed by atoms with van der Waals surface area (Å²) < 4.78 is 5.67. The number of aromatic nitrogens is 1. The Morgan fingerprint density at radius 2 is 2.50 bits per heavy atom. The molecule has 1 aliphatic heterocycles. The van der Waals surface area contributed by atoms with E-state index in [2.05, 4.69) is 17.2 Å². The zero-order valence-corrected chi connectivity index (χ0v) is 11.4. The van der Waals surface area contributed by atoms with E-state index in [1.54, 1.807) is 6.20 Å². The lowest BCUT2D eigenvalue weighted by atomic mass is 9.99. The minimum absolute atomic E-state index is 0.328. The fraction of sp³-hybridized carbons (Fsp3) is 0.538. The highest BCUT2D eigenvalue weighted by molar-refractivity contribution is 7.80. The molecule has 1 aromatic rings. The second kappa shape index (κ2) is 6.11. The Morgan fingerprint density at radius 3 is 3.22 bits per heavy atom. The van der Waals surface area contributed by atoms with E-state index in [9.17, 15) is 0 Å². The third-order valence-electron chi connectivity index (χ3n) is 3.33. The molecule has 18 heavy (non-hydrogen) atoms. The zero-order chi connectivity index (χ0) is 13.0. The Morgan fingerprint density at radius 1 is 1.67 bits per heavy atom. The molecule has 3 N–H and O–H groups in total. The molecule has 2 atom stereocenters. The molecule has 2 rings (SSSR count). The van der Waals surface area contributed by atoms with E-state index in [0.29, 0.717) is 22.7 Å². The van der Waals surface area contributed by atoms with Crippen LogP contribution in [0.25, 0.3) is 0 Å². The largest absolute Gasteiger partial charge is 0.388 e. The van der Waals surface area contributed by atoms with Crippen molar-refractivity contribution in [2.75, 3.05) is 18.5 Å². The number of anilines is 1. The van der Waals surface area contributed by atoms with Gasteiger partial charge in [-0.25, -0.2) is 0 Å². The van der Waals surface area contributed by atoms with Crippen molar-refractivity contribution in [1.82, 2.24) is 4.98 Å². The fourth-order valence-corrected chi connectivity index (χ4v) is 2.41. The first-order valence-electron chi connectivity index (χ1n) is 6.32. The highest BCUT2D eigenvalue weighted by Gasteiger charge is 2.26. The number of hydrogen-bond donors (Lipinski definition) is 2. The number of rotatable bonds is 5. The predicted molar refractivity (Wildman–Crippen MR) is 76.8 cm³/mol. The minimum atomic E-state index is 0.328. The van der Waals surface area contributed by atoms with Gasteiger partial charge in [-0.1, -0.05) is 19.1 Å². The third-order valence-corrected chi connectivity index (χ3v) is 3.54. The van der Waals surface area contributed by atoms with E-state index in [-0.39, 0.29) is 0 Å². The molecular formula is C13H19N3OS. The maximum Gasteiger partial charge on any atom is 0.122 e. The van der Waals surface area contributed by atoms with Gasteiger partial charge < -0.3 is 15.8 Å². The normalized spacial score (nSPS) is 22.9. The number of thiocarbonyl (C=S) groups is 1. The van der Waals surface area contributed by atoms with Gasteiger partial charge in [0.15, 0.2) is 0 Å². The monoisotopic (exact) mass is 265 g/mol. The summed E-state index contributed by atoms with van der Waals surface area (Å²) in [6, 6.07) is 3.82. The van der Waals surface area contributed by atoms with Crippen LogP contribution in [0.2, 0.25) is 0 Å². The van der Waals surface area contributed by atoms with Crippen molar-refractivity contribution >= 4 is 22.9 Å². The summed E-state index contributed by atoms with van der Waals surface area (Å²) in [5.41, 5.74) is 7.23. The summed E-state index contributed by atoms with van der Waals surface area (Å²) in [6.45, 7) is 3.96. The van der Waals surface area contributed by atoms with Gasteiger partial charge >= 0.3 is 0 Å². The number of hydrogen-bond acceptors (Lipinski definition) is 4. The van der Waals surface area contributed by atoms with Crippen LogP contribution >= 0.6 is 12.2 Å². The van der Waals surface area contributed by atoms with Crippen LogP contribution in [0.3, 0.4) is 0 Å². The molecule has 0 aromatic carbocycles. The van der Waals surface area contributed by atoms with Gasteiger partial charge in [0, 0.05) is 31.0 Å². The molecule has 0 saturated carbocycles. The number of nitrogens with two attached hydrogens (primary N) is 1. The van der Waals surface area contributed by atoms with Crippen molar-refractivity contribution in [3.63, 3.8) is 0 Å².